The van der Waals surface area contributed by atoms with Gasteiger partial charge in [-0.05, 0) is 42.0 Å². The second-order valence-electron chi connectivity index (χ2n) is 4.88. The third kappa shape index (κ3) is 3.95. The lowest BCUT2D eigenvalue weighted by Crippen LogP contribution is -2.35. The molecule has 0 saturated carbocycles. The minimum absolute atomic E-state index is 0.0890. The zero-order chi connectivity index (χ0) is 15.4. The number of amidine groups is 1. The summed E-state index contributed by atoms with van der Waals surface area (Å²) < 4.78 is 1.000. The number of benzene rings is 2. The van der Waals surface area contributed by atoms with Crippen LogP contribution in [0.3, 0.4) is 0 Å². The number of hydrogen-bond acceptors (Lipinski definition) is 3. The van der Waals surface area contributed by atoms with Gasteiger partial charge in [0.05, 0.1) is 0 Å². The fourth-order valence-corrected chi connectivity index (χ4v) is 2.45. The molecule has 0 spiro atoms. The van der Waals surface area contributed by atoms with Crippen LogP contribution in [-0.4, -0.2) is 23.0 Å². The first kappa shape index (κ1) is 15.3. The highest BCUT2D eigenvalue weighted by Gasteiger charge is 2.11. The van der Waals surface area contributed by atoms with E-state index in [9.17, 15) is 4.79 Å². The number of halogens is 1. The highest BCUT2D eigenvalue weighted by atomic mass is 79.9. The normalized spacial score (nSPS) is 13.1. The summed E-state index contributed by atoms with van der Waals surface area (Å²) >= 11 is 3.42. The summed E-state index contributed by atoms with van der Waals surface area (Å²) in [6.07, 6.45) is 0.294. The van der Waals surface area contributed by atoms with Crippen LogP contribution in [0.15, 0.2) is 46.0 Å². The molecule has 2 aromatic rings. The Morgan fingerprint density at radius 1 is 1.33 bits per heavy atom. The van der Waals surface area contributed by atoms with Gasteiger partial charge in [0.2, 0.25) is 0 Å². The molecular weight excluding hydrogens is 334 g/mol. The lowest BCUT2D eigenvalue weighted by molar-refractivity contribution is 0.0941. The molecule has 0 aliphatic heterocycles. The van der Waals surface area contributed by atoms with Gasteiger partial charge in [0.15, 0.2) is 0 Å². The van der Waals surface area contributed by atoms with Crippen molar-refractivity contribution in [3.63, 3.8) is 0 Å². The first-order valence-corrected chi connectivity index (χ1v) is 7.25. The van der Waals surface area contributed by atoms with Crippen molar-refractivity contribution in [2.45, 2.75) is 19.4 Å². The lowest BCUT2D eigenvalue weighted by atomic mass is 10.1. The van der Waals surface area contributed by atoms with Gasteiger partial charge in [0.1, 0.15) is 5.84 Å². The summed E-state index contributed by atoms with van der Waals surface area (Å²) in [5, 5.41) is 16.3. The van der Waals surface area contributed by atoms with Crippen molar-refractivity contribution in [1.29, 1.82) is 0 Å². The average Bonchev–Trinajstić information content (AvgIpc) is 2.46. The predicted molar refractivity (Wildman–Crippen MR) is 86.6 cm³/mol. The van der Waals surface area contributed by atoms with E-state index in [1.807, 2.05) is 30.3 Å². The summed E-state index contributed by atoms with van der Waals surface area (Å²) in [7, 11) is 0. The van der Waals surface area contributed by atoms with E-state index in [2.05, 4.69) is 26.4 Å². The first-order valence-electron chi connectivity index (χ1n) is 6.46. The maximum Gasteiger partial charge on any atom is 0.251 e. The van der Waals surface area contributed by atoms with E-state index in [4.69, 9.17) is 10.9 Å². The maximum absolute atomic E-state index is 12.2. The summed E-state index contributed by atoms with van der Waals surface area (Å²) in [6.45, 7) is 1.80. The van der Waals surface area contributed by atoms with Crippen LogP contribution >= 0.6 is 15.9 Å². The summed E-state index contributed by atoms with van der Waals surface area (Å²) in [5.41, 5.74) is 6.00. The number of nitrogens with two attached hydrogens (primary N) is 1. The van der Waals surface area contributed by atoms with Gasteiger partial charge >= 0.3 is 0 Å². The van der Waals surface area contributed by atoms with Crippen molar-refractivity contribution < 1.29 is 10.0 Å². The summed E-state index contributed by atoms with van der Waals surface area (Å²) in [5.74, 6) is -0.0933. The van der Waals surface area contributed by atoms with E-state index in [1.165, 1.54) is 0 Å². The smallest absolute Gasteiger partial charge is 0.251 e. The van der Waals surface area contributed by atoms with Crippen LogP contribution in [0, 0.1) is 0 Å². The van der Waals surface area contributed by atoms with Crippen LogP contribution in [0.25, 0.3) is 10.8 Å². The Balaban J connectivity index is 2.14. The van der Waals surface area contributed by atoms with Crippen LogP contribution in [-0.2, 0) is 0 Å². The van der Waals surface area contributed by atoms with Gasteiger partial charge in [0, 0.05) is 22.5 Å². The number of hydrogen-bond donors (Lipinski definition) is 3. The van der Waals surface area contributed by atoms with Crippen LogP contribution in [0.1, 0.15) is 23.7 Å². The van der Waals surface area contributed by atoms with E-state index < -0.39 is 0 Å². The van der Waals surface area contributed by atoms with E-state index in [0.717, 1.165) is 15.2 Å². The van der Waals surface area contributed by atoms with Crippen molar-refractivity contribution in [3.05, 3.63) is 46.4 Å². The molecule has 2 aromatic carbocycles. The Kier molecular flexibility index (Phi) is 4.80. The molecule has 0 fully saturated rings. The van der Waals surface area contributed by atoms with E-state index in [-0.39, 0.29) is 17.8 Å². The predicted octanol–water partition coefficient (Wildman–Crippen LogP) is 2.86. The van der Waals surface area contributed by atoms with Crippen molar-refractivity contribution in [2.24, 2.45) is 10.9 Å². The van der Waals surface area contributed by atoms with Crippen molar-refractivity contribution in [1.82, 2.24) is 5.32 Å². The van der Waals surface area contributed by atoms with Crippen LogP contribution in [0.5, 0.6) is 0 Å². The molecule has 6 heteroatoms. The average molecular weight is 350 g/mol. The number of carbonyl (C=O) groups excluding carboxylic acids is 1. The molecule has 110 valence electrons. The topological polar surface area (TPSA) is 87.7 Å². The molecule has 0 bridgehead atoms. The third-order valence-corrected chi connectivity index (χ3v) is 3.58. The molecule has 0 aliphatic carbocycles. The zero-order valence-electron chi connectivity index (χ0n) is 11.5. The standard InChI is InChI=1S/C15H16BrN3O2/c1-9(6-14(17)19-21)18-15(20)12-3-2-11-8-13(16)5-4-10(11)7-12/h2-5,7-9,21H,6H2,1H3,(H2,17,19)(H,18,20). The van der Waals surface area contributed by atoms with E-state index >= 15 is 0 Å². The fourth-order valence-electron chi connectivity index (χ4n) is 2.07. The molecule has 0 aromatic heterocycles. The highest BCUT2D eigenvalue weighted by molar-refractivity contribution is 9.10. The molecular formula is C15H16BrN3O2. The largest absolute Gasteiger partial charge is 0.409 e. The number of fused-ring (bicyclic) bond motifs is 1. The molecule has 0 aliphatic rings. The third-order valence-electron chi connectivity index (χ3n) is 3.09. The molecule has 0 heterocycles. The van der Waals surface area contributed by atoms with Gasteiger partial charge in [-0.25, -0.2) is 0 Å². The van der Waals surface area contributed by atoms with Gasteiger partial charge in [-0.15, -0.1) is 0 Å². The SMILES string of the molecule is CC(C/C(N)=N/O)NC(=O)c1ccc2cc(Br)ccc2c1. The number of amides is 1. The van der Waals surface area contributed by atoms with Gasteiger partial charge in [-0.3, -0.25) is 4.79 Å². The highest BCUT2D eigenvalue weighted by Crippen LogP contribution is 2.21. The van der Waals surface area contributed by atoms with Crippen molar-refractivity contribution in [3.8, 4) is 0 Å². The van der Waals surface area contributed by atoms with Crippen LogP contribution in [0.4, 0.5) is 0 Å². The molecule has 21 heavy (non-hydrogen) atoms. The Bertz CT molecular complexity index is 700. The van der Waals surface area contributed by atoms with Gasteiger partial charge in [-0.2, -0.15) is 0 Å². The fraction of sp³-hybridized carbons (Fsp3) is 0.200. The van der Waals surface area contributed by atoms with E-state index in [1.54, 1.807) is 13.0 Å². The number of carbonyl (C=O) groups is 1. The molecule has 1 amide bonds. The van der Waals surface area contributed by atoms with Gasteiger partial charge in [0.25, 0.3) is 5.91 Å². The van der Waals surface area contributed by atoms with Gasteiger partial charge < -0.3 is 16.3 Å². The first-order chi connectivity index (χ1) is 9.99. The Hall–Kier alpha value is -2.08. The molecule has 4 N–H and O–H groups in total. The van der Waals surface area contributed by atoms with Crippen molar-refractivity contribution >= 4 is 38.4 Å². The Labute approximate surface area is 131 Å². The quantitative estimate of drug-likeness (QED) is 0.343. The molecule has 5 nitrogen and oxygen atoms in total. The van der Waals surface area contributed by atoms with E-state index in [0.29, 0.717) is 12.0 Å². The Morgan fingerprint density at radius 3 is 2.71 bits per heavy atom. The monoisotopic (exact) mass is 349 g/mol. The number of nitrogens with one attached hydrogen (secondary N) is 1. The molecule has 0 radical (unpaired) electrons. The second kappa shape index (κ2) is 6.58. The molecule has 2 rings (SSSR count). The number of oxime groups is 1. The summed E-state index contributed by atoms with van der Waals surface area (Å²) in [4.78, 5) is 12.2. The van der Waals surface area contributed by atoms with Crippen LogP contribution in [0.2, 0.25) is 0 Å². The summed E-state index contributed by atoms with van der Waals surface area (Å²) in [6, 6.07) is 11.2. The molecule has 1 unspecified atom stereocenters. The minimum atomic E-state index is -0.214. The van der Waals surface area contributed by atoms with Crippen LogP contribution < -0.4 is 11.1 Å². The minimum Gasteiger partial charge on any atom is -0.409 e. The number of rotatable bonds is 4. The Morgan fingerprint density at radius 2 is 2.00 bits per heavy atom. The zero-order valence-corrected chi connectivity index (χ0v) is 13.1. The molecule has 0 saturated heterocycles. The second-order valence-corrected chi connectivity index (χ2v) is 5.79. The van der Waals surface area contributed by atoms with Crippen molar-refractivity contribution in [2.75, 3.05) is 0 Å². The maximum atomic E-state index is 12.2. The van der Waals surface area contributed by atoms with Gasteiger partial charge in [-0.1, -0.05) is 33.2 Å². The molecule has 1 atom stereocenters. The number of nitrogens with zero attached hydrogens (tertiary/aromatic N) is 1. The lowest BCUT2D eigenvalue weighted by Gasteiger charge is -2.13.